The van der Waals surface area contributed by atoms with Gasteiger partial charge in [0.05, 0.1) is 6.42 Å². The first-order valence-corrected chi connectivity index (χ1v) is 5.35. The number of hydrogen-bond donors (Lipinski definition) is 1. The maximum absolute atomic E-state index is 12.0. The Labute approximate surface area is 88.8 Å². The van der Waals surface area contributed by atoms with Crippen molar-refractivity contribution in [2.45, 2.75) is 31.5 Å². The van der Waals surface area contributed by atoms with E-state index >= 15 is 0 Å². The number of hydrogen-bond acceptors (Lipinski definition) is 2. The van der Waals surface area contributed by atoms with E-state index in [4.69, 9.17) is 0 Å². The lowest BCUT2D eigenvalue weighted by Crippen LogP contribution is -2.49. The van der Waals surface area contributed by atoms with E-state index in [1.54, 1.807) is 7.05 Å². The Bertz CT molecular complexity index is 194. The molecule has 0 amide bonds. The van der Waals surface area contributed by atoms with Crippen LogP contribution in [0.3, 0.4) is 0 Å². The van der Waals surface area contributed by atoms with Gasteiger partial charge in [-0.15, -0.1) is 0 Å². The summed E-state index contributed by atoms with van der Waals surface area (Å²) in [5, 5.41) is 3.08. The molecule has 0 heterocycles. The third-order valence-corrected chi connectivity index (χ3v) is 3.16. The van der Waals surface area contributed by atoms with Crippen LogP contribution in [0.15, 0.2) is 0 Å². The number of nitrogens with one attached hydrogen (secondary N) is 1. The van der Waals surface area contributed by atoms with Crippen LogP contribution >= 0.6 is 0 Å². The average Bonchev–Trinajstić information content (AvgIpc) is 2.08. The van der Waals surface area contributed by atoms with Crippen LogP contribution in [0.1, 0.15) is 19.3 Å². The van der Waals surface area contributed by atoms with Crippen molar-refractivity contribution < 1.29 is 13.2 Å². The van der Waals surface area contributed by atoms with Crippen molar-refractivity contribution in [2.24, 2.45) is 5.92 Å². The molecule has 1 N–H and O–H groups in total. The lowest BCUT2D eigenvalue weighted by atomic mass is 9.78. The number of rotatable bonds is 5. The van der Waals surface area contributed by atoms with Crippen molar-refractivity contribution in [1.29, 1.82) is 0 Å². The Balaban J connectivity index is 2.25. The summed E-state index contributed by atoms with van der Waals surface area (Å²) in [6.45, 7) is 1.02. The first-order valence-electron chi connectivity index (χ1n) is 5.35. The fourth-order valence-electron chi connectivity index (χ4n) is 2.10. The van der Waals surface area contributed by atoms with Crippen molar-refractivity contribution in [3.8, 4) is 0 Å². The van der Waals surface area contributed by atoms with Gasteiger partial charge in [0, 0.05) is 12.6 Å². The fraction of sp³-hybridized carbons (Fsp3) is 1.00. The lowest BCUT2D eigenvalue weighted by Gasteiger charge is -2.43. The van der Waals surface area contributed by atoms with Crippen LogP contribution in [-0.4, -0.2) is 44.3 Å². The molecule has 0 aromatic carbocycles. The second kappa shape index (κ2) is 5.16. The van der Waals surface area contributed by atoms with Gasteiger partial charge in [-0.2, -0.15) is 13.2 Å². The second-order valence-corrected chi connectivity index (χ2v) is 4.31. The molecule has 0 aromatic heterocycles. The van der Waals surface area contributed by atoms with Crippen molar-refractivity contribution in [3.05, 3.63) is 0 Å². The largest absolute Gasteiger partial charge is 0.390 e. The summed E-state index contributed by atoms with van der Waals surface area (Å²) in [6, 6.07) is 0.333. The molecule has 5 heteroatoms. The van der Waals surface area contributed by atoms with E-state index < -0.39 is 12.6 Å². The molecule has 0 aromatic rings. The Morgan fingerprint density at radius 2 is 2.00 bits per heavy atom. The summed E-state index contributed by atoms with van der Waals surface area (Å²) in [6.07, 6.45) is -2.58. The molecule has 2 nitrogen and oxygen atoms in total. The van der Waals surface area contributed by atoms with Gasteiger partial charge in [-0.1, -0.05) is 0 Å². The lowest BCUT2D eigenvalue weighted by molar-refractivity contribution is -0.140. The molecule has 90 valence electrons. The Hall–Kier alpha value is -0.290. The van der Waals surface area contributed by atoms with Crippen molar-refractivity contribution in [1.82, 2.24) is 10.2 Å². The van der Waals surface area contributed by atoms with Crippen LogP contribution in [0, 0.1) is 5.92 Å². The minimum Gasteiger partial charge on any atom is -0.319 e. The summed E-state index contributed by atoms with van der Waals surface area (Å²) in [5.74, 6) is 0.522. The smallest absolute Gasteiger partial charge is 0.319 e. The highest BCUT2D eigenvalue weighted by molar-refractivity contribution is 4.88. The van der Waals surface area contributed by atoms with Gasteiger partial charge in [-0.3, -0.25) is 0 Å². The number of halogens is 3. The quantitative estimate of drug-likeness (QED) is 0.767. The SMILES string of the molecule is CNCC1CCC1N(C)CCC(F)(F)F. The first-order chi connectivity index (χ1) is 6.94. The zero-order valence-electron chi connectivity index (χ0n) is 9.27. The minimum absolute atomic E-state index is 0.119. The van der Waals surface area contributed by atoms with Gasteiger partial charge < -0.3 is 10.2 Å². The molecule has 0 bridgehead atoms. The molecule has 0 spiro atoms. The maximum atomic E-state index is 12.0. The highest BCUT2D eigenvalue weighted by atomic mass is 19.4. The highest BCUT2D eigenvalue weighted by Crippen LogP contribution is 2.31. The highest BCUT2D eigenvalue weighted by Gasteiger charge is 2.35. The molecule has 0 saturated heterocycles. The third kappa shape index (κ3) is 3.99. The molecule has 1 fully saturated rings. The monoisotopic (exact) mass is 224 g/mol. The molecular formula is C10H19F3N2. The third-order valence-electron chi connectivity index (χ3n) is 3.16. The predicted octanol–water partition coefficient (Wildman–Crippen LogP) is 1.87. The van der Waals surface area contributed by atoms with Gasteiger partial charge in [0.15, 0.2) is 0 Å². The zero-order valence-corrected chi connectivity index (χ0v) is 9.27. The van der Waals surface area contributed by atoms with E-state index in [-0.39, 0.29) is 6.54 Å². The van der Waals surface area contributed by atoms with Gasteiger partial charge in [0.25, 0.3) is 0 Å². The van der Waals surface area contributed by atoms with E-state index in [1.807, 2.05) is 11.9 Å². The minimum atomic E-state index is -4.03. The molecule has 2 unspecified atom stereocenters. The van der Waals surface area contributed by atoms with Gasteiger partial charge in [0.2, 0.25) is 0 Å². The normalized spacial score (nSPS) is 26.8. The molecule has 0 radical (unpaired) electrons. The van der Waals surface area contributed by atoms with Gasteiger partial charge >= 0.3 is 6.18 Å². The van der Waals surface area contributed by atoms with E-state index in [1.165, 1.54) is 0 Å². The molecule has 1 saturated carbocycles. The van der Waals surface area contributed by atoms with Crippen LogP contribution in [0.25, 0.3) is 0 Å². The first kappa shape index (κ1) is 12.8. The van der Waals surface area contributed by atoms with E-state index in [2.05, 4.69) is 5.32 Å². The molecule has 15 heavy (non-hydrogen) atoms. The standard InChI is InChI=1S/C10H19F3N2/c1-14-7-8-3-4-9(8)15(2)6-5-10(11,12)13/h8-9,14H,3-7H2,1-2H3. The Kier molecular flexibility index (Phi) is 4.40. The van der Waals surface area contributed by atoms with E-state index in [9.17, 15) is 13.2 Å². The molecule has 1 aliphatic carbocycles. The summed E-state index contributed by atoms with van der Waals surface area (Å²) >= 11 is 0. The molecule has 1 rings (SSSR count). The Morgan fingerprint density at radius 3 is 2.40 bits per heavy atom. The number of alkyl halides is 3. The summed E-state index contributed by atoms with van der Waals surface area (Å²) in [7, 11) is 3.67. The van der Waals surface area contributed by atoms with Crippen LogP contribution in [0.5, 0.6) is 0 Å². The summed E-state index contributed by atoms with van der Waals surface area (Å²) in [4.78, 5) is 1.85. The zero-order chi connectivity index (χ0) is 11.5. The van der Waals surface area contributed by atoms with Crippen molar-refractivity contribution in [2.75, 3.05) is 27.2 Å². The Morgan fingerprint density at radius 1 is 1.33 bits per heavy atom. The van der Waals surface area contributed by atoms with Crippen LogP contribution in [-0.2, 0) is 0 Å². The molecule has 0 aliphatic heterocycles. The summed E-state index contributed by atoms with van der Waals surface area (Å²) < 4.78 is 36.0. The maximum Gasteiger partial charge on any atom is 0.390 e. The second-order valence-electron chi connectivity index (χ2n) is 4.31. The summed E-state index contributed by atoms with van der Waals surface area (Å²) in [5.41, 5.74) is 0. The van der Waals surface area contributed by atoms with E-state index in [0.29, 0.717) is 12.0 Å². The predicted molar refractivity (Wildman–Crippen MR) is 53.7 cm³/mol. The van der Waals surface area contributed by atoms with Crippen molar-refractivity contribution >= 4 is 0 Å². The fourth-order valence-corrected chi connectivity index (χ4v) is 2.10. The van der Waals surface area contributed by atoms with Gasteiger partial charge in [-0.05, 0) is 39.4 Å². The van der Waals surface area contributed by atoms with Crippen molar-refractivity contribution in [3.63, 3.8) is 0 Å². The van der Waals surface area contributed by atoms with Gasteiger partial charge in [0.1, 0.15) is 0 Å². The van der Waals surface area contributed by atoms with E-state index in [0.717, 1.165) is 19.4 Å². The molecular weight excluding hydrogens is 205 g/mol. The topological polar surface area (TPSA) is 15.3 Å². The van der Waals surface area contributed by atoms with Crippen LogP contribution < -0.4 is 5.32 Å². The molecule has 2 atom stereocenters. The number of nitrogens with zero attached hydrogens (tertiary/aromatic N) is 1. The van der Waals surface area contributed by atoms with Gasteiger partial charge in [-0.25, -0.2) is 0 Å². The average molecular weight is 224 g/mol. The molecule has 1 aliphatic rings. The van der Waals surface area contributed by atoms with Crippen LogP contribution in [0.2, 0.25) is 0 Å². The van der Waals surface area contributed by atoms with Crippen LogP contribution in [0.4, 0.5) is 13.2 Å².